The lowest BCUT2D eigenvalue weighted by molar-refractivity contribution is -0.0980. The lowest BCUT2D eigenvalue weighted by atomic mass is 10.0. The highest BCUT2D eigenvalue weighted by atomic mass is 16.5. The number of hydrogen-bond donors (Lipinski definition) is 3. The largest absolute Gasteiger partial charge is 0.379 e. The third-order valence-corrected chi connectivity index (χ3v) is 5.69. The van der Waals surface area contributed by atoms with Gasteiger partial charge in [-0.25, -0.2) is 4.98 Å². The first-order chi connectivity index (χ1) is 19.2. The van der Waals surface area contributed by atoms with E-state index in [-0.39, 0.29) is 5.91 Å². The number of carbonyl (C=O) groups is 2. The van der Waals surface area contributed by atoms with E-state index in [1.165, 1.54) is 0 Å². The molecule has 1 fully saturated rings. The van der Waals surface area contributed by atoms with Crippen LogP contribution in [0.3, 0.4) is 0 Å². The molecule has 1 amide bonds. The molecule has 1 saturated heterocycles. The van der Waals surface area contributed by atoms with E-state index < -0.39 is 0 Å². The van der Waals surface area contributed by atoms with Crippen molar-refractivity contribution in [2.24, 2.45) is 0 Å². The molecule has 206 valence electrons. The van der Waals surface area contributed by atoms with Crippen LogP contribution in [0.4, 0.5) is 11.5 Å². The van der Waals surface area contributed by atoms with Gasteiger partial charge < -0.3 is 20.2 Å². The van der Waals surface area contributed by atoms with Crippen molar-refractivity contribution in [1.29, 1.82) is 0 Å². The van der Waals surface area contributed by atoms with Crippen LogP contribution in [0.1, 0.15) is 29.9 Å². The zero-order valence-electron chi connectivity index (χ0n) is 22.9. The van der Waals surface area contributed by atoms with Gasteiger partial charge in [-0.3, -0.25) is 19.8 Å². The molecule has 0 aliphatic carbocycles. The third-order valence-electron chi connectivity index (χ3n) is 5.69. The summed E-state index contributed by atoms with van der Waals surface area (Å²) in [6.07, 6.45) is 5.36. The summed E-state index contributed by atoms with van der Waals surface area (Å²) < 4.78 is 5.44. The molecule has 0 atom stereocenters. The molecule has 0 saturated carbocycles. The Hall–Kier alpha value is -4.41. The van der Waals surface area contributed by atoms with E-state index in [2.05, 4.69) is 54.9 Å². The minimum absolute atomic E-state index is 0.295. The Morgan fingerprint density at radius 2 is 1.77 bits per heavy atom. The predicted octanol–water partition coefficient (Wildman–Crippen LogP) is 4.79. The highest BCUT2D eigenvalue weighted by molar-refractivity contribution is 6.11. The molecule has 0 unspecified atom stereocenters. The number of aromatic amines is 1. The maximum absolute atomic E-state index is 12.9. The molecular formula is C29H37N7O3. The molecule has 3 aromatic heterocycles. The Balaban J connectivity index is 0.000000833. The number of fused-ring (bicyclic) bond motifs is 1. The number of morpholine rings is 1. The molecule has 0 bridgehead atoms. The molecular weight excluding hydrogens is 494 g/mol. The minimum atomic E-state index is -0.295. The van der Waals surface area contributed by atoms with E-state index in [0.717, 1.165) is 66.3 Å². The van der Waals surface area contributed by atoms with Crippen LogP contribution < -0.4 is 10.6 Å². The average Bonchev–Trinajstić information content (AvgIpc) is 3.45. The third kappa shape index (κ3) is 8.29. The van der Waals surface area contributed by atoms with Gasteiger partial charge in [-0.1, -0.05) is 19.9 Å². The minimum Gasteiger partial charge on any atom is -0.379 e. The quantitative estimate of drug-likeness (QED) is 0.303. The summed E-state index contributed by atoms with van der Waals surface area (Å²) in [5.41, 5.74) is 4.87. The molecule has 4 aromatic rings. The number of benzene rings is 1. The van der Waals surface area contributed by atoms with Crippen molar-refractivity contribution in [2.45, 2.75) is 20.4 Å². The second-order valence-electron chi connectivity index (χ2n) is 7.94. The van der Waals surface area contributed by atoms with Crippen LogP contribution in [0.15, 0.2) is 68.1 Å². The average molecular weight is 532 g/mol. The molecule has 1 aromatic carbocycles. The van der Waals surface area contributed by atoms with Crippen molar-refractivity contribution in [1.82, 2.24) is 25.1 Å². The number of nitrogens with zero attached hydrogens (tertiary/aromatic N) is 4. The van der Waals surface area contributed by atoms with Crippen LogP contribution in [-0.2, 0) is 16.1 Å². The molecule has 10 nitrogen and oxygen atoms in total. The first-order valence-electron chi connectivity index (χ1n) is 12.7. The summed E-state index contributed by atoms with van der Waals surface area (Å²) in [6.45, 7) is 16.2. The van der Waals surface area contributed by atoms with Crippen LogP contribution in [0.2, 0.25) is 0 Å². The zero-order chi connectivity index (χ0) is 28.6. The highest BCUT2D eigenvalue weighted by Crippen LogP contribution is 2.26. The number of ether oxygens (including phenoxy) is 1. The van der Waals surface area contributed by atoms with E-state index in [0.29, 0.717) is 11.4 Å². The smallest absolute Gasteiger partial charge is 0.276 e. The number of rotatable bonds is 6. The van der Waals surface area contributed by atoms with Crippen LogP contribution in [-0.4, -0.2) is 71.1 Å². The molecule has 39 heavy (non-hydrogen) atoms. The number of carbonyl (C=O) groups excluding carboxylic acids is 2. The van der Waals surface area contributed by atoms with Crippen LogP contribution >= 0.6 is 0 Å². The van der Waals surface area contributed by atoms with Gasteiger partial charge in [0.25, 0.3) is 5.91 Å². The van der Waals surface area contributed by atoms with Crippen molar-refractivity contribution in [3.8, 4) is 11.1 Å². The molecule has 4 heterocycles. The van der Waals surface area contributed by atoms with Crippen molar-refractivity contribution in [3.05, 3.63) is 79.4 Å². The van der Waals surface area contributed by atoms with Crippen molar-refractivity contribution in [3.63, 3.8) is 0 Å². The molecule has 3 N–H and O–H groups in total. The summed E-state index contributed by atoms with van der Waals surface area (Å²) in [5.74, 6) is 0.434. The van der Waals surface area contributed by atoms with Gasteiger partial charge in [0.15, 0.2) is 5.69 Å². The topological polar surface area (TPSA) is 125 Å². The number of aromatic nitrogens is 4. The Labute approximate surface area is 229 Å². The molecule has 1 aliphatic heterocycles. The SMILES string of the molecule is C=C.C=O.CC.CNc1ccc(NC(=O)c2n[nH]c3ccc(-c4cncc(CN5CCOCC5)c4)cc23)cn1. The van der Waals surface area contributed by atoms with Crippen LogP contribution in [0, 0.1) is 0 Å². The normalized spacial score (nSPS) is 12.5. The fourth-order valence-corrected chi connectivity index (χ4v) is 3.92. The van der Waals surface area contributed by atoms with Gasteiger partial charge in [0.05, 0.1) is 30.6 Å². The summed E-state index contributed by atoms with van der Waals surface area (Å²) in [6, 6.07) is 11.7. The van der Waals surface area contributed by atoms with E-state index >= 15 is 0 Å². The summed E-state index contributed by atoms with van der Waals surface area (Å²) in [4.78, 5) is 31.9. The van der Waals surface area contributed by atoms with E-state index in [9.17, 15) is 4.79 Å². The van der Waals surface area contributed by atoms with Crippen LogP contribution in [0.5, 0.6) is 0 Å². The van der Waals surface area contributed by atoms with Gasteiger partial charge >= 0.3 is 0 Å². The van der Waals surface area contributed by atoms with E-state index in [1.54, 1.807) is 25.4 Å². The predicted molar refractivity (Wildman–Crippen MR) is 157 cm³/mol. The highest BCUT2D eigenvalue weighted by Gasteiger charge is 2.16. The van der Waals surface area contributed by atoms with Crippen molar-refractivity contribution >= 4 is 35.1 Å². The maximum atomic E-state index is 12.9. The van der Waals surface area contributed by atoms with Crippen molar-refractivity contribution < 1.29 is 14.3 Å². The standard InChI is InChI=1S/C24H25N7O2.C2H6.C2H4.CH2O/c1-25-22-5-3-19(14-27-22)28-24(32)23-20-11-17(2-4-21(20)29-30-23)18-10-16(12-26-13-18)15-31-6-8-33-9-7-31;3*1-2/h2-5,10-14H,6-9,15H2,1H3,(H,25,27)(H,28,32)(H,29,30);1-2H3;1-2H2;1H2. The van der Waals surface area contributed by atoms with Gasteiger partial charge in [-0.2, -0.15) is 5.10 Å². The Morgan fingerprint density at radius 1 is 1.03 bits per heavy atom. The first kappa shape index (κ1) is 30.8. The van der Waals surface area contributed by atoms with Crippen molar-refractivity contribution in [2.75, 3.05) is 44.0 Å². The second-order valence-corrected chi connectivity index (χ2v) is 7.94. The Kier molecular flexibility index (Phi) is 13.0. The lowest BCUT2D eigenvalue weighted by Gasteiger charge is -2.26. The first-order valence-corrected chi connectivity index (χ1v) is 12.7. The molecule has 1 aliphatic rings. The molecule has 0 spiro atoms. The van der Waals surface area contributed by atoms with E-state index in [4.69, 9.17) is 9.53 Å². The molecule has 0 radical (unpaired) electrons. The Morgan fingerprint density at radius 3 is 2.44 bits per heavy atom. The van der Waals surface area contributed by atoms with Crippen LogP contribution in [0.25, 0.3) is 22.0 Å². The molecule has 10 heteroatoms. The number of amides is 1. The number of H-pyrrole nitrogens is 1. The number of nitrogens with one attached hydrogen (secondary N) is 3. The fourth-order valence-electron chi connectivity index (χ4n) is 3.92. The summed E-state index contributed by atoms with van der Waals surface area (Å²) in [5, 5.41) is 13.8. The molecule has 5 rings (SSSR count). The Bertz CT molecular complexity index is 1300. The zero-order valence-corrected chi connectivity index (χ0v) is 22.9. The number of anilines is 2. The summed E-state index contributed by atoms with van der Waals surface area (Å²) >= 11 is 0. The maximum Gasteiger partial charge on any atom is 0.276 e. The monoisotopic (exact) mass is 531 g/mol. The fraction of sp³-hybridized carbons (Fsp3) is 0.276. The van der Waals surface area contributed by atoms with E-state index in [1.807, 2.05) is 51.2 Å². The number of hydrogen-bond acceptors (Lipinski definition) is 8. The second kappa shape index (κ2) is 16.4. The van der Waals surface area contributed by atoms with Gasteiger partial charge in [0.2, 0.25) is 0 Å². The van der Waals surface area contributed by atoms with Gasteiger partial charge in [-0.05, 0) is 41.5 Å². The van der Waals surface area contributed by atoms with Gasteiger partial charge in [0, 0.05) is 50.0 Å². The summed E-state index contributed by atoms with van der Waals surface area (Å²) in [7, 11) is 1.79. The van der Waals surface area contributed by atoms with Gasteiger partial charge in [0.1, 0.15) is 12.6 Å². The number of pyridine rings is 2. The van der Waals surface area contributed by atoms with Gasteiger partial charge in [-0.15, -0.1) is 13.2 Å². The lowest BCUT2D eigenvalue weighted by Crippen LogP contribution is -2.35.